The summed E-state index contributed by atoms with van der Waals surface area (Å²) in [4.78, 5) is 0. The van der Waals surface area contributed by atoms with Gasteiger partial charge in [0.1, 0.15) is 5.60 Å². The molecule has 98 valence electrons. The Bertz CT molecular complexity index is 191. The Morgan fingerprint density at radius 2 is 1.12 bits per heavy atom. The van der Waals surface area contributed by atoms with Crippen LogP contribution in [0, 0.1) is 5.41 Å². The van der Waals surface area contributed by atoms with Crippen molar-refractivity contribution in [2.45, 2.75) is 31.5 Å². The molecule has 0 saturated heterocycles. The van der Waals surface area contributed by atoms with Crippen LogP contribution in [0.15, 0.2) is 0 Å². The number of rotatable bonds is 7. The molecule has 6 N–H and O–H groups in total. The lowest BCUT2D eigenvalue weighted by Crippen LogP contribution is -2.66. The molecule has 0 saturated carbocycles. The zero-order chi connectivity index (χ0) is 13.0. The molecule has 0 aromatic heterocycles. The van der Waals surface area contributed by atoms with E-state index in [0.29, 0.717) is 0 Å². The predicted molar refractivity (Wildman–Crippen MR) is 56.6 cm³/mol. The molecular formula is C10H22O6. The van der Waals surface area contributed by atoms with E-state index >= 15 is 0 Å². The second-order valence-corrected chi connectivity index (χ2v) is 4.38. The molecule has 0 bridgehead atoms. The van der Waals surface area contributed by atoms with Gasteiger partial charge in [0, 0.05) is 0 Å². The third kappa shape index (κ3) is 2.09. The molecule has 2 unspecified atom stereocenters. The highest BCUT2D eigenvalue weighted by atomic mass is 16.4. The van der Waals surface area contributed by atoms with Gasteiger partial charge in [0.05, 0.1) is 37.4 Å². The van der Waals surface area contributed by atoms with Crippen LogP contribution in [0.4, 0.5) is 0 Å². The first-order valence-corrected chi connectivity index (χ1v) is 5.19. The minimum atomic E-state index is -2.07. The molecule has 0 amide bonds. The molecule has 0 fully saturated rings. The average molecular weight is 238 g/mol. The summed E-state index contributed by atoms with van der Waals surface area (Å²) in [5.41, 5.74) is -5.50. The SMILES string of the molecule is CCC(O)(CO)C(C)(CO)C(O)(CO)CO. The van der Waals surface area contributed by atoms with Crippen LogP contribution < -0.4 is 0 Å². The van der Waals surface area contributed by atoms with Gasteiger partial charge in [-0.05, 0) is 6.42 Å². The summed E-state index contributed by atoms with van der Waals surface area (Å²) in [6.45, 7) is -0.164. The summed E-state index contributed by atoms with van der Waals surface area (Å²) in [5, 5.41) is 56.9. The standard InChI is InChI=1S/C10H22O6/c1-3-9(15,5-12)8(2,4-11)10(16,6-13)7-14/h11-16H,3-7H2,1-2H3. The predicted octanol–water partition coefficient (Wildman–Crippen LogP) is -2.17. The summed E-state index contributed by atoms with van der Waals surface area (Å²) < 4.78 is 0. The molecule has 0 aromatic carbocycles. The van der Waals surface area contributed by atoms with Crippen LogP contribution in [0.3, 0.4) is 0 Å². The van der Waals surface area contributed by atoms with E-state index in [0.717, 1.165) is 0 Å². The van der Waals surface area contributed by atoms with E-state index < -0.39 is 43.0 Å². The second kappa shape index (κ2) is 5.39. The van der Waals surface area contributed by atoms with Crippen molar-refractivity contribution in [1.82, 2.24) is 0 Å². The fraction of sp³-hybridized carbons (Fsp3) is 1.00. The van der Waals surface area contributed by atoms with Gasteiger partial charge in [0.15, 0.2) is 0 Å². The monoisotopic (exact) mass is 238 g/mol. The third-order valence-corrected chi connectivity index (χ3v) is 3.74. The highest BCUT2D eigenvalue weighted by Crippen LogP contribution is 2.42. The Hall–Kier alpha value is -0.240. The van der Waals surface area contributed by atoms with E-state index in [-0.39, 0.29) is 6.42 Å². The van der Waals surface area contributed by atoms with Crippen molar-refractivity contribution in [2.75, 3.05) is 26.4 Å². The van der Waals surface area contributed by atoms with E-state index in [4.69, 9.17) is 10.2 Å². The molecule has 2 atom stereocenters. The van der Waals surface area contributed by atoms with E-state index in [1.54, 1.807) is 6.92 Å². The van der Waals surface area contributed by atoms with Crippen molar-refractivity contribution >= 4 is 0 Å². The zero-order valence-electron chi connectivity index (χ0n) is 9.72. The Morgan fingerprint density at radius 3 is 1.31 bits per heavy atom. The molecule has 6 heteroatoms. The first kappa shape index (κ1) is 15.8. The molecule has 0 spiro atoms. The van der Waals surface area contributed by atoms with Crippen molar-refractivity contribution in [1.29, 1.82) is 0 Å². The van der Waals surface area contributed by atoms with Gasteiger partial charge in [-0.15, -0.1) is 0 Å². The number of hydrogen-bond donors (Lipinski definition) is 6. The molecule has 0 aliphatic rings. The van der Waals surface area contributed by atoms with E-state index in [2.05, 4.69) is 0 Å². The lowest BCUT2D eigenvalue weighted by atomic mass is 9.62. The zero-order valence-corrected chi connectivity index (χ0v) is 9.72. The molecule has 0 aliphatic heterocycles. The van der Waals surface area contributed by atoms with E-state index in [9.17, 15) is 20.4 Å². The topological polar surface area (TPSA) is 121 Å². The first-order valence-electron chi connectivity index (χ1n) is 5.19. The molecule has 0 rings (SSSR count). The second-order valence-electron chi connectivity index (χ2n) is 4.38. The van der Waals surface area contributed by atoms with Crippen LogP contribution in [0.2, 0.25) is 0 Å². The highest BCUT2D eigenvalue weighted by Gasteiger charge is 2.57. The van der Waals surface area contributed by atoms with Crippen LogP contribution in [0.25, 0.3) is 0 Å². The highest BCUT2D eigenvalue weighted by molar-refractivity contribution is 5.07. The van der Waals surface area contributed by atoms with Crippen molar-refractivity contribution in [3.8, 4) is 0 Å². The first-order chi connectivity index (χ1) is 7.30. The van der Waals surface area contributed by atoms with Crippen molar-refractivity contribution < 1.29 is 30.6 Å². The van der Waals surface area contributed by atoms with Crippen LogP contribution >= 0.6 is 0 Å². The molecule has 16 heavy (non-hydrogen) atoms. The van der Waals surface area contributed by atoms with Crippen LogP contribution in [-0.2, 0) is 0 Å². The lowest BCUT2D eigenvalue weighted by molar-refractivity contribution is -0.241. The summed E-state index contributed by atoms with van der Waals surface area (Å²) in [5.74, 6) is 0. The van der Waals surface area contributed by atoms with Gasteiger partial charge >= 0.3 is 0 Å². The fourth-order valence-corrected chi connectivity index (χ4v) is 1.80. The summed E-state index contributed by atoms with van der Waals surface area (Å²) in [6, 6.07) is 0. The molecular weight excluding hydrogens is 216 g/mol. The minimum Gasteiger partial charge on any atom is -0.396 e. The smallest absolute Gasteiger partial charge is 0.121 e. The van der Waals surface area contributed by atoms with Gasteiger partial charge < -0.3 is 30.6 Å². The maximum atomic E-state index is 10.2. The number of aliphatic hydroxyl groups excluding tert-OH is 4. The molecule has 0 radical (unpaired) electrons. The maximum Gasteiger partial charge on any atom is 0.121 e. The summed E-state index contributed by atoms with van der Waals surface area (Å²) >= 11 is 0. The van der Waals surface area contributed by atoms with Crippen molar-refractivity contribution in [3.05, 3.63) is 0 Å². The van der Waals surface area contributed by atoms with Gasteiger partial charge in [-0.25, -0.2) is 0 Å². The summed E-state index contributed by atoms with van der Waals surface area (Å²) in [6.07, 6.45) is 0.0584. The number of aliphatic hydroxyl groups is 6. The van der Waals surface area contributed by atoms with Gasteiger partial charge in [-0.1, -0.05) is 13.8 Å². The number of hydrogen-bond acceptors (Lipinski definition) is 6. The van der Waals surface area contributed by atoms with Crippen molar-refractivity contribution in [3.63, 3.8) is 0 Å². The third-order valence-electron chi connectivity index (χ3n) is 3.74. The average Bonchev–Trinajstić information content (AvgIpc) is 2.35. The molecule has 0 aromatic rings. The Balaban J connectivity index is 5.49. The summed E-state index contributed by atoms with van der Waals surface area (Å²) in [7, 11) is 0. The molecule has 6 nitrogen and oxygen atoms in total. The normalized spacial score (nSPS) is 20.2. The van der Waals surface area contributed by atoms with E-state index in [1.165, 1.54) is 6.92 Å². The quantitative estimate of drug-likeness (QED) is 0.300. The van der Waals surface area contributed by atoms with Gasteiger partial charge in [-0.3, -0.25) is 0 Å². The van der Waals surface area contributed by atoms with E-state index in [1.807, 2.05) is 0 Å². The van der Waals surface area contributed by atoms with Crippen LogP contribution in [-0.4, -0.2) is 68.3 Å². The van der Waals surface area contributed by atoms with Crippen molar-refractivity contribution in [2.24, 2.45) is 5.41 Å². The van der Waals surface area contributed by atoms with Gasteiger partial charge in [0.25, 0.3) is 0 Å². The Labute approximate surface area is 94.8 Å². The Morgan fingerprint density at radius 1 is 0.750 bits per heavy atom. The Kier molecular flexibility index (Phi) is 5.31. The lowest BCUT2D eigenvalue weighted by Gasteiger charge is -2.51. The maximum absolute atomic E-state index is 10.2. The minimum absolute atomic E-state index is 0.0584. The largest absolute Gasteiger partial charge is 0.396 e. The fourth-order valence-electron chi connectivity index (χ4n) is 1.80. The van der Waals surface area contributed by atoms with Gasteiger partial charge in [-0.2, -0.15) is 0 Å². The van der Waals surface area contributed by atoms with Crippen LogP contribution in [0.5, 0.6) is 0 Å². The van der Waals surface area contributed by atoms with Gasteiger partial charge in [0.2, 0.25) is 0 Å². The van der Waals surface area contributed by atoms with Crippen LogP contribution in [0.1, 0.15) is 20.3 Å². The molecule has 0 heterocycles. The molecule has 0 aliphatic carbocycles.